The first-order valence-corrected chi connectivity index (χ1v) is 8.66. The molecule has 3 rings (SSSR count). The first kappa shape index (κ1) is 17.3. The summed E-state index contributed by atoms with van der Waals surface area (Å²) in [5, 5.41) is 0.966. The zero-order valence-electron chi connectivity index (χ0n) is 15.5. The zero-order chi connectivity index (χ0) is 18.1. The molecule has 2 aromatic carbocycles. The van der Waals surface area contributed by atoms with Gasteiger partial charge in [0.15, 0.2) is 0 Å². The summed E-state index contributed by atoms with van der Waals surface area (Å²) >= 11 is 0. The second-order valence-corrected chi connectivity index (χ2v) is 6.63. The van der Waals surface area contributed by atoms with Crippen molar-refractivity contribution in [3.63, 3.8) is 0 Å². The fourth-order valence-electron chi connectivity index (χ4n) is 3.26. The van der Waals surface area contributed by atoms with Gasteiger partial charge in [-0.2, -0.15) is 0 Å². The van der Waals surface area contributed by atoms with E-state index in [9.17, 15) is 4.79 Å². The van der Waals surface area contributed by atoms with Gasteiger partial charge in [0.2, 0.25) is 0 Å². The van der Waals surface area contributed by atoms with Crippen LogP contribution in [0.15, 0.2) is 39.5 Å². The Hall–Kier alpha value is -2.55. The van der Waals surface area contributed by atoms with Crippen LogP contribution in [0, 0.1) is 27.7 Å². The molecule has 3 aromatic rings. The topological polar surface area (TPSA) is 39.4 Å². The molecule has 25 heavy (non-hydrogen) atoms. The van der Waals surface area contributed by atoms with Crippen LogP contribution in [0.3, 0.4) is 0 Å². The molecule has 3 nitrogen and oxygen atoms in total. The highest BCUT2D eigenvalue weighted by Crippen LogP contribution is 2.26. The molecule has 0 N–H and O–H groups in total. The van der Waals surface area contributed by atoms with Gasteiger partial charge in [-0.15, -0.1) is 0 Å². The number of rotatable bonds is 4. The zero-order valence-corrected chi connectivity index (χ0v) is 15.5. The predicted octanol–water partition coefficient (Wildman–Crippen LogP) is 5.17. The molecule has 1 heterocycles. The van der Waals surface area contributed by atoms with Crippen molar-refractivity contribution in [2.75, 3.05) is 0 Å². The first-order chi connectivity index (χ1) is 11.9. The van der Waals surface area contributed by atoms with Crippen LogP contribution >= 0.6 is 0 Å². The van der Waals surface area contributed by atoms with Crippen molar-refractivity contribution in [3.8, 4) is 5.75 Å². The molecule has 130 valence electrons. The smallest absolute Gasteiger partial charge is 0.336 e. The summed E-state index contributed by atoms with van der Waals surface area (Å²) < 4.78 is 11.4. The minimum atomic E-state index is -0.317. The van der Waals surface area contributed by atoms with E-state index in [1.807, 2.05) is 25.1 Å². The number of aryl methyl sites for hydroxylation is 3. The van der Waals surface area contributed by atoms with Gasteiger partial charge in [-0.1, -0.05) is 13.0 Å². The quantitative estimate of drug-likeness (QED) is 0.617. The summed E-state index contributed by atoms with van der Waals surface area (Å²) in [5.74, 6) is 0.710. The molecular weight excluding hydrogens is 312 g/mol. The Kier molecular flexibility index (Phi) is 4.67. The highest BCUT2D eigenvalue weighted by atomic mass is 16.5. The molecule has 0 bridgehead atoms. The van der Waals surface area contributed by atoms with Gasteiger partial charge >= 0.3 is 5.63 Å². The maximum atomic E-state index is 11.7. The Morgan fingerprint density at radius 1 is 0.960 bits per heavy atom. The van der Waals surface area contributed by atoms with Gasteiger partial charge < -0.3 is 9.15 Å². The Morgan fingerprint density at radius 3 is 2.28 bits per heavy atom. The van der Waals surface area contributed by atoms with Crippen molar-refractivity contribution in [2.24, 2.45) is 0 Å². The van der Waals surface area contributed by atoms with E-state index in [-0.39, 0.29) is 5.63 Å². The summed E-state index contributed by atoms with van der Waals surface area (Å²) in [6, 6.07) is 9.49. The number of hydrogen-bond acceptors (Lipinski definition) is 3. The van der Waals surface area contributed by atoms with E-state index in [0.717, 1.165) is 17.4 Å². The van der Waals surface area contributed by atoms with Crippen LogP contribution in [0.2, 0.25) is 0 Å². The normalized spacial score (nSPS) is 11.1. The van der Waals surface area contributed by atoms with E-state index in [2.05, 4.69) is 33.8 Å². The molecule has 0 aliphatic heterocycles. The summed E-state index contributed by atoms with van der Waals surface area (Å²) in [7, 11) is 0. The maximum Gasteiger partial charge on any atom is 0.336 e. The van der Waals surface area contributed by atoms with Gasteiger partial charge in [0, 0.05) is 17.5 Å². The van der Waals surface area contributed by atoms with Crippen LogP contribution in [0.1, 0.15) is 40.3 Å². The summed E-state index contributed by atoms with van der Waals surface area (Å²) in [4.78, 5) is 11.7. The lowest BCUT2D eigenvalue weighted by atomic mass is 9.95. The highest BCUT2D eigenvalue weighted by Gasteiger charge is 2.10. The predicted molar refractivity (Wildman–Crippen MR) is 102 cm³/mol. The van der Waals surface area contributed by atoms with Crippen molar-refractivity contribution in [3.05, 3.63) is 74.1 Å². The maximum absolute atomic E-state index is 11.7. The molecule has 0 aliphatic carbocycles. The van der Waals surface area contributed by atoms with Crippen LogP contribution in [0.5, 0.6) is 5.75 Å². The molecule has 0 unspecified atom stereocenters. The molecule has 1 aromatic heterocycles. The average molecular weight is 336 g/mol. The Bertz CT molecular complexity index is 970. The third-order valence-electron chi connectivity index (χ3n) is 5.09. The van der Waals surface area contributed by atoms with Gasteiger partial charge in [0.25, 0.3) is 0 Å². The van der Waals surface area contributed by atoms with Gasteiger partial charge in [0.05, 0.1) is 0 Å². The third kappa shape index (κ3) is 3.32. The fourth-order valence-corrected chi connectivity index (χ4v) is 3.26. The van der Waals surface area contributed by atoms with Crippen molar-refractivity contribution in [2.45, 2.75) is 47.6 Å². The number of ether oxygens (including phenoxy) is 1. The molecule has 0 spiro atoms. The highest BCUT2D eigenvalue weighted by molar-refractivity contribution is 5.81. The number of hydrogen-bond donors (Lipinski definition) is 0. The largest absolute Gasteiger partial charge is 0.489 e. The fraction of sp³-hybridized carbons (Fsp3) is 0.318. The SMILES string of the molecule is CCc1cc(=O)oc2cc(OCc3c(C)c(C)cc(C)c3C)ccc12. The molecule has 0 amide bonds. The third-order valence-corrected chi connectivity index (χ3v) is 5.09. The standard InChI is InChI=1S/C22H24O3/c1-6-17-10-22(23)25-21-11-18(7-8-19(17)21)24-12-20-15(4)13(2)9-14(3)16(20)5/h7-11H,6,12H2,1-5H3. The molecule has 3 heteroatoms. The molecule has 0 saturated heterocycles. The van der Waals surface area contributed by atoms with Gasteiger partial charge in [-0.05, 0) is 79.6 Å². The monoisotopic (exact) mass is 336 g/mol. The first-order valence-electron chi connectivity index (χ1n) is 8.66. The lowest BCUT2D eigenvalue weighted by Gasteiger charge is -2.16. The Morgan fingerprint density at radius 2 is 1.64 bits per heavy atom. The number of fused-ring (bicyclic) bond motifs is 1. The van der Waals surface area contributed by atoms with Gasteiger partial charge in [-0.3, -0.25) is 0 Å². The van der Waals surface area contributed by atoms with Crippen LogP contribution in [0.4, 0.5) is 0 Å². The van der Waals surface area contributed by atoms with E-state index < -0.39 is 0 Å². The van der Waals surface area contributed by atoms with Gasteiger partial charge in [-0.25, -0.2) is 4.79 Å². The van der Waals surface area contributed by atoms with Crippen molar-refractivity contribution < 1.29 is 9.15 Å². The minimum Gasteiger partial charge on any atom is -0.489 e. The molecule has 0 radical (unpaired) electrons. The van der Waals surface area contributed by atoms with E-state index in [4.69, 9.17) is 9.15 Å². The number of benzene rings is 2. The lowest BCUT2D eigenvalue weighted by Crippen LogP contribution is -2.04. The van der Waals surface area contributed by atoms with E-state index >= 15 is 0 Å². The van der Waals surface area contributed by atoms with Crippen LogP contribution in [-0.4, -0.2) is 0 Å². The van der Waals surface area contributed by atoms with Crippen molar-refractivity contribution in [1.82, 2.24) is 0 Å². The summed E-state index contributed by atoms with van der Waals surface area (Å²) in [5.41, 5.74) is 7.57. The van der Waals surface area contributed by atoms with Crippen LogP contribution < -0.4 is 10.4 Å². The van der Waals surface area contributed by atoms with Crippen LogP contribution in [0.25, 0.3) is 11.0 Å². The summed E-state index contributed by atoms with van der Waals surface area (Å²) in [6.07, 6.45) is 0.795. The molecule has 0 atom stereocenters. The van der Waals surface area contributed by atoms with Gasteiger partial charge in [0.1, 0.15) is 17.9 Å². The molecule has 0 aliphatic rings. The summed E-state index contributed by atoms with van der Waals surface area (Å²) in [6.45, 7) is 11.1. The molecular formula is C22H24O3. The van der Waals surface area contributed by atoms with E-state index in [1.54, 1.807) is 6.07 Å². The molecule has 0 saturated carbocycles. The second-order valence-electron chi connectivity index (χ2n) is 6.63. The van der Waals surface area contributed by atoms with Crippen LogP contribution in [-0.2, 0) is 13.0 Å². The van der Waals surface area contributed by atoms with E-state index in [0.29, 0.717) is 17.9 Å². The lowest BCUT2D eigenvalue weighted by molar-refractivity contribution is 0.304. The minimum absolute atomic E-state index is 0.317. The second kappa shape index (κ2) is 6.75. The Balaban J connectivity index is 1.94. The van der Waals surface area contributed by atoms with E-state index in [1.165, 1.54) is 27.8 Å². The van der Waals surface area contributed by atoms with Crippen molar-refractivity contribution >= 4 is 11.0 Å². The molecule has 0 fully saturated rings. The Labute approximate surface area is 148 Å². The van der Waals surface area contributed by atoms with Crippen molar-refractivity contribution in [1.29, 1.82) is 0 Å². The average Bonchev–Trinajstić information content (AvgIpc) is 2.59.